The van der Waals surface area contributed by atoms with Gasteiger partial charge in [0.2, 0.25) is 0 Å². The number of aliphatic hydroxyl groups excluding tert-OH is 1. The summed E-state index contributed by atoms with van der Waals surface area (Å²) in [5.74, 6) is 1.03. The zero-order valence-electron chi connectivity index (χ0n) is 12.7. The van der Waals surface area contributed by atoms with Crippen LogP contribution in [-0.2, 0) is 0 Å². The monoisotopic (exact) mass is 279 g/mol. The van der Waals surface area contributed by atoms with Gasteiger partial charge in [-0.2, -0.15) is 0 Å². The Bertz CT molecular complexity index is 431. The number of nitrogens with one attached hydrogen (secondary N) is 1. The van der Waals surface area contributed by atoms with E-state index in [4.69, 9.17) is 9.84 Å². The second-order valence-electron chi connectivity index (χ2n) is 5.65. The molecular weight excluding hydrogens is 254 g/mol. The van der Waals surface area contributed by atoms with Crippen LogP contribution in [0.25, 0.3) is 0 Å². The topological polar surface area (TPSA) is 58.6 Å². The number of amides is 1. The third-order valence-electron chi connectivity index (χ3n) is 3.18. The SMILES string of the molecule is CC(C)COc1cccc(C(=O)NC(C)C(C)CO)c1. The summed E-state index contributed by atoms with van der Waals surface area (Å²) in [6.07, 6.45) is 0. The third-order valence-corrected chi connectivity index (χ3v) is 3.18. The zero-order valence-corrected chi connectivity index (χ0v) is 12.7. The van der Waals surface area contributed by atoms with Gasteiger partial charge in [-0.25, -0.2) is 0 Å². The highest BCUT2D eigenvalue weighted by atomic mass is 16.5. The van der Waals surface area contributed by atoms with Crippen LogP contribution in [0.3, 0.4) is 0 Å². The van der Waals surface area contributed by atoms with Crippen LogP contribution in [0.1, 0.15) is 38.1 Å². The van der Waals surface area contributed by atoms with E-state index < -0.39 is 0 Å². The molecule has 4 heteroatoms. The lowest BCUT2D eigenvalue weighted by Gasteiger charge is -2.19. The van der Waals surface area contributed by atoms with Crippen LogP contribution in [0.15, 0.2) is 24.3 Å². The molecule has 4 nitrogen and oxygen atoms in total. The van der Waals surface area contributed by atoms with E-state index in [1.54, 1.807) is 12.1 Å². The average molecular weight is 279 g/mol. The van der Waals surface area contributed by atoms with Gasteiger partial charge in [-0.3, -0.25) is 4.79 Å². The molecule has 0 spiro atoms. The Morgan fingerprint density at radius 3 is 2.60 bits per heavy atom. The van der Waals surface area contributed by atoms with Crippen molar-refractivity contribution in [1.29, 1.82) is 0 Å². The molecular formula is C16H25NO3. The van der Waals surface area contributed by atoms with Gasteiger partial charge in [0, 0.05) is 18.2 Å². The summed E-state index contributed by atoms with van der Waals surface area (Å²) in [4.78, 5) is 12.1. The largest absolute Gasteiger partial charge is 0.493 e. The number of benzene rings is 1. The Labute approximate surface area is 121 Å². The molecule has 2 N–H and O–H groups in total. The van der Waals surface area contributed by atoms with Crippen LogP contribution in [0.5, 0.6) is 5.75 Å². The van der Waals surface area contributed by atoms with E-state index in [0.717, 1.165) is 0 Å². The molecule has 112 valence electrons. The molecule has 0 bridgehead atoms. The molecule has 0 fully saturated rings. The number of hydrogen-bond donors (Lipinski definition) is 2. The lowest BCUT2D eigenvalue weighted by molar-refractivity contribution is 0.0916. The van der Waals surface area contributed by atoms with Crippen LogP contribution in [0.2, 0.25) is 0 Å². The third kappa shape index (κ3) is 5.21. The summed E-state index contributed by atoms with van der Waals surface area (Å²) < 4.78 is 5.61. The van der Waals surface area contributed by atoms with Crippen molar-refractivity contribution in [2.45, 2.75) is 33.7 Å². The van der Waals surface area contributed by atoms with Crippen molar-refractivity contribution in [1.82, 2.24) is 5.32 Å². The first-order valence-corrected chi connectivity index (χ1v) is 7.08. The second kappa shape index (κ2) is 7.90. The zero-order chi connectivity index (χ0) is 15.1. The fourth-order valence-electron chi connectivity index (χ4n) is 1.58. The maximum Gasteiger partial charge on any atom is 0.251 e. The van der Waals surface area contributed by atoms with Crippen molar-refractivity contribution in [2.24, 2.45) is 11.8 Å². The van der Waals surface area contributed by atoms with E-state index >= 15 is 0 Å². The fraction of sp³-hybridized carbons (Fsp3) is 0.562. The van der Waals surface area contributed by atoms with Crippen molar-refractivity contribution in [3.8, 4) is 5.75 Å². The van der Waals surface area contributed by atoms with Gasteiger partial charge < -0.3 is 15.2 Å². The molecule has 2 unspecified atom stereocenters. The summed E-state index contributed by atoms with van der Waals surface area (Å²) >= 11 is 0. The van der Waals surface area contributed by atoms with E-state index in [1.807, 2.05) is 26.0 Å². The fourth-order valence-corrected chi connectivity index (χ4v) is 1.58. The van der Waals surface area contributed by atoms with Gasteiger partial charge in [-0.05, 0) is 37.0 Å². The van der Waals surface area contributed by atoms with Crippen LogP contribution < -0.4 is 10.1 Å². The number of hydrogen-bond acceptors (Lipinski definition) is 3. The van der Waals surface area contributed by atoms with Gasteiger partial charge in [0.05, 0.1) is 6.61 Å². The maximum absolute atomic E-state index is 12.1. The molecule has 0 aliphatic heterocycles. The molecule has 0 saturated carbocycles. The Morgan fingerprint density at radius 1 is 1.30 bits per heavy atom. The molecule has 20 heavy (non-hydrogen) atoms. The van der Waals surface area contributed by atoms with Crippen molar-refractivity contribution in [2.75, 3.05) is 13.2 Å². The molecule has 0 saturated heterocycles. The van der Waals surface area contributed by atoms with Gasteiger partial charge in [0.15, 0.2) is 0 Å². The Kier molecular flexibility index (Phi) is 6.52. The second-order valence-corrected chi connectivity index (χ2v) is 5.65. The smallest absolute Gasteiger partial charge is 0.251 e. The highest BCUT2D eigenvalue weighted by molar-refractivity contribution is 5.94. The standard InChI is InChI=1S/C16H25NO3/c1-11(2)10-20-15-7-5-6-14(8-15)16(19)17-13(4)12(3)9-18/h5-8,11-13,18H,9-10H2,1-4H3,(H,17,19). The van der Waals surface area contributed by atoms with E-state index in [2.05, 4.69) is 19.2 Å². The molecule has 0 aliphatic rings. The predicted octanol–water partition coefficient (Wildman–Crippen LogP) is 2.47. The molecule has 0 aliphatic carbocycles. The van der Waals surface area contributed by atoms with Crippen LogP contribution in [0, 0.1) is 11.8 Å². The summed E-state index contributed by atoms with van der Waals surface area (Å²) in [5, 5.41) is 12.0. The Hall–Kier alpha value is -1.55. The van der Waals surface area contributed by atoms with Crippen molar-refractivity contribution in [3.05, 3.63) is 29.8 Å². The van der Waals surface area contributed by atoms with E-state index in [-0.39, 0.29) is 24.5 Å². The predicted molar refractivity (Wildman–Crippen MR) is 80.0 cm³/mol. The first kappa shape index (κ1) is 16.5. The number of aliphatic hydroxyl groups is 1. The van der Waals surface area contributed by atoms with Crippen LogP contribution in [-0.4, -0.2) is 30.3 Å². The minimum absolute atomic E-state index is 0.0272. The minimum atomic E-state index is -0.146. The first-order valence-electron chi connectivity index (χ1n) is 7.08. The van der Waals surface area contributed by atoms with Crippen LogP contribution >= 0.6 is 0 Å². The van der Waals surface area contributed by atoms with Gasteiger partial charge in [-0.1, -0.05) is 26.8 Å². The molecule has 1 amide bonds. The summed E-state index contributed by atoms with van der Waals surface area (Å²) in [7, 11) is 0. The lowest BCUT2D eigenvalue weighted by Crippen LogP contribution is -2.38. The molecule has 1 aromatic rings. The number of carbonyl (C=O) groups is 1. The molecule has 1 aromatic carbocycles. The van der Waals surface area contributed by atoms with Gasteiger partial charge in [0.1, 0.15) is 5.75 Å². The van der Waals surface area contributed by atoms with Crippen molar-refractivity contribution in [3.63, 3.8) is 0 Å². The van der Waals surface area contributed by atoms with Gasteiger partial charge in [0.25, 0.3) is 5.91 Å². The normalized spacial score (nSPS) is 13.9. The van der Waals surface area contributed by atoms with E-state index in [0.29, 0.717) is 23.8 Å². The maximum atomic E-state index is 12.1. The van der Waals surface area contributed by atoms with Crippen LogP contribution in [0.4, 0.5) is 0 Å². The Balaban J connectivity index is 2.66. The molecule has 1 rings (SSSR count). The molecule has 0 heterocycles. The van der Waals surface area contributed by atoms with Gasteiger partial charge >= 0.3 is 0 Å². The van der Waals surface area contributed by atoms with Gasteiger partial charge in [-0.15, -0.1) is 0 Å². The van der Waals surface area contributed by atoms with Crippen molar-refractivity contribution < 1.29 is 14.6 Å². The Morgan fingerprint density at radius 2 is 2.00 bits per heavy atom. The molecule has 0 radical (unpaired) electrons. The quantitative estimate of drug-likeness (QED) is 0.806. The summed E-state index contributed by atoms with van der Waals surface area (Å²) in [6.45, 7) is 8.62. The average Bonchev–Trinajstić information content (AvgIpc) is 2.44. The number of carbonyl (C=O) groups excluding carboxylic acids is 1. The first-order chi connectivity index (χ1) is 9.43. The number of rotatable bonds is 7. The molecule has 2 atom stereocenters. The summed E-state index contributed by atoms with van der Waals surface area (Å²) in [5.41, 5.74) is 0.572. The highest BCUT2D eigenvalue weighted by Gasteiger charge is 2.15. The lowest BCUT2D eigenvalue weighted by atomic mass is 10.0. The van der Waals surface area contributed by atoms with E-state index in [1.165, 1.54) is 0 Å². The van der Waals surface area contributed by atoms with Crippen molar-refractivity contribution >= 4 is 5.91 Å². The van der Waals surface area contributed by atoms with E-state index in [9.17, 15) is 4.79 Å². The summed E-state index contributed by atoms with van der Waals surface area (Å²) in [6, 6.07) is 7.08. The molecule has 0 aromatic heterocycles. The number of ether oxygens (including phenoxy) is 1. The minimum Gasteiger partial charge on any atom is -0.493 e. The highest BCUT2D eigenvalue weighted by Crippen LogP contribution is 2.15.